The van der Waals surface area contributed by atoms with Crippen LogP contribution in [-0.4, -0.2) is 61.5 Å². The summed E-state index contributed by atoms with van der Waals surface area (Å²) in [5.41, 5.74) is 3.95. The van der Waals surface area contributed by atoms with Gasteiger partial charge in [0.15, 0.2) is 0 Å². The van der Waals surface area contributed by atoms with Gasteiger partial charge in [0.25, 0.3) is 11.8 Å². The summed E-state index contributed by atoms with van der Waals surface area (Å²) in [7, 11) is 0. The normalized spacial score (nSPS) is 17.9. The largest absolute Gasteiger partial charge is 0.464 e. The molecule has 1 aliphatic carbocycles. The third-order valence-electron chi connectivity index (χ3n) is 9.23. The maximum Gasteiger partial charge on any atom is 0.350 e. The monoisotopic (exact) mass is 601 g/mol. The molecule has 0 unspecified atom stereocenters. The maximum absolute atomic E-state index is 13.9. The Kier molecular flexibility index (Phi) is 6.51. The van der Waals surface area contributed by atoms with E-state index in [1.54, 1.807) is 35.1 Å². The molecule has 2 fully saturated rings. The Labute approximate surface area is 258 Å². The van der Waals surface area contributed by atoms with Crippen LogP contribution in [0.2, 0.25) is 0 Å². The lowest BCUT2D eigenvalue weighted by Crippen LogP contribution is -2.35. The predicted octanol–water partition coefficient (Wildman–Crippen LogP) is 4.54. The van der Waals surface area contributed by atoms with Gasteiger partial charge in [-0.05, 0) is 78.8 Å². The van der Waals surface area contributed by atoms with Crippen molar-refractivity contribution in [2.45, 2.75) is 32.2 Å². The molecule has 8 rings (SSSR count). The predicted molar refractivity (Wildman–Crippen MR) is 166 cm³/mol. The van der Waals surface area contributed by atoms with Gasteiger partial charge in [-0.3, -0.25) is 19.3 Å². The molecule has 2 aliphatic heterocycles. The Hall–Kier alpha value is -5.25. The number of carbonyl (C=O) groups is 3. The van der Waals surface area contributed by atoms with Gasteiger partial charge in [-0.25, -0.2) is 14.0 Å². The summed E-state index contributed by atoms with van der Waals surface area (Å²) in [6, 6.07) is 22.5. The van der Waals surface area contributed by atoms with Crippen molar-refractivity contribution in [1.82, 2.24) is 24.1 Å². The summed E-state index contributed by atoms with van der Waals surface area (Å²) in [5, 5.41) is 5.75. The topological polar surface area (TPSA) is 111 Å². The van der Waals surface area contributed by atoms with E-state index >= 15 is 0 Å². The number of likely N-dealkylation sites (tertiary alicyclic amines) is 1. The molecule has 3 aliphatic rings. The van der Waals surface area contributed by atoms with Crippen LogP contribution in [0, 0.1) is 11.8 Å². The molecule has 45 heavy (non-hydrogen) atoms. The minimum Gasteiger partial charge on any atom is -0.464 e. The van der Waals surface area contributed by atoms with Crippen LogP contribution < -0.4 is 5.69 Å². The third kappa shape index (κ3) is 4.86. The van der Waals surface area contributed by atoms with Gasteiger partial charge in [-0.1, -0.05) is 30.3 Å². The Morgan fingerprint density at radius 3 is 2.31 bits per heavy atom. The van der Waals surface area contributed by atoms with Gasteiger partial charge in [0.2, 0.25) is 5.91 Å². The van der Waals surface area contributed by atoms with Gasteiger partial charge >= 0.3 is 5.69 Å². The summed E-state index contributed by atoms with van der Waals surface area (Å²) in [5.74, 6) is 0.471. The number of hydrogen-bond acceptors (Lipinski definition) is 6. The van der Waals surface area contributed by atoms with E-state index in [-0.39, 0.29) is 48.3 Å². The minimum atomic E-state index is -0.362. The first-order valence-electron chi connectivity index (χ1n) is 15.5. The number of rotatable bonds is 8. The summed E-state index contributed by atoms with van der Waals surface area (Å²) in [6.07, 6.45) is 5.00. The Balaban J connectivity index is 1.08. The average molecular weight is 602 g/mol. The fraction of sp³-hybridized carbons (Fsp3) is 0.286. The lowest BCUT2D eigenvalue weighted by atomic mass is 10.0. The fourth-order valence-electron chi connectivity index (χ4n) is 6.62. The molecule has 0 bridgehead atoms. The number of benzene rings is 3. The molecule has 0 radical (unpaired) electrons. The van der Waals surface area contributed by atoms with Crippen molar-refractivity contribution in [2.75, 3.05) is 19.6 Å². The fourth-order valence-corrected chi connectivity index (χ4v) is 6.62. The van der Waals surface area contributed by atoms with E-state index in [0.29, 0.717) is 35.6 Å². The van der Waals surface area contributed by atoms with Crippen molar-refractivity contribution in [1.29, 1.82) is 0 Å². The van der Waals surface area contributed by atoms with E-state index in [1.807, 2.05) is 47.4 Å². The van der Waals surface area contributed by atoms with E-state index in [4.69, 9.17) is 9.52 Å². The first kappa shape index (κ1) is 27.3. The van der Waals surface area contributed by atoms with Crippen LogP contribution in [0.1, 0.15) is 45.8 Å². The van der Waals surface area contributed by atoms with Gasteiger partial charge in [-0.15, -0.1) is 0 Å². The molecule has 0 N–H and O–H groups in total. The molecule has 4 heterocycles. The van der Waals surface area contributed by atoms with Crippen molar-refractivity contribution in [3.63, 3.8) is 0 Å². The van der Waals surface area contributed by atoms with Crippen LogP contribution in [0.15, 0.2) is 88.3 Å². The second-order valence-electron chi connectivity index (χ2n) is 12.2. The van der Waals surface area contributed by atoms with Gasteiger partial charge in [0.1, 0.15) is 11.4 Å². The van der Waals surface area contributed by atoms with Crippen molar-refractivity contribution in [3.8, 4) is 16.8 Å². The summed E-state index contributed by atoms with van der Waals surface area (Å²) in [4.78, 5) is 55.6. The van der Waals surface area contributed by atoms with Gasteiger partial charge in [0, 0.05) is 37.4 Å². The van der Waals surface area contributed by atoms with Crippen LogP contribution in [-0.2, 0) is 17.8 Å². The van der Waals surface area contributed by atoms with Crippen LogP contribution in [0.3, 0.4) is 0 Å². The highest BCUT2D eigenvalue weighted by Crippen LogP contribution is 2.33. The summed E-state index contributed by atoms with van der Waals surface area (Å²) >= 11 is 0. The lowest BCUT2D eigenvalue weighted by molar-refractivity contribution is -0.131. The van der Waals surface area contributed by atoms with Crippen LogP contribution in [0.5, 0.6) is 0 Å². The molecule has 0 spiro atoms. The van der Waals surface area contributed by atoms with Crippen molar-refractivity contribution in [2.24, 2.45) is 11.8 Å². The number of fused-ring (bicyclic) bond motifs is 2. The van der Waals surface area contributed by atoms with Gasteiger partial charge < -0.3 is 9.32 Å². The smallest absolute Gasteiger partial charge is 0.350 e. The zero-order chi connectivity index (χ0) is 30.7. The second-order valence-corrected chi connectivity index (χ2v) is 12.2. The lowest BCUT2D eigenvalue weighted by Gasteiger charge is -2.16. The van der Waals surface area contributed by atoms with Crippen molar-refractivity contribution in [3.05, 3.63) is 106 Å². The Morgan fingerprint density at radius 2 is 1.58 bits per heavy atom. The SMILES string of the molecule is O=C(C1CC1)N1CC[C@@H](Cc2nn(CCN3C(=O)c4ccccc4C3=O)c(=O)n2-c2ccc(-c3ccc4occc4c3)cc2)C1. The Morgan fingerprint density at radius 1 is 0.844 bits per heavy atom. The van der Waals surface area contributed by atoms with E-state index < -0.39 is 0 Å². The second kappa shape index (κ2) is 10.7. The molecule has 1 atom stereocenters. The van der Waals surface area contributed by atoms with Gasteiger partial charge in [0.05, 0.1) is 29.6 Å². The number of nitrogens with zero attached hydrogens (tertiary/aromatic N) is 5. The third-order valence-corrected chi connectivity index (χ3v) is 9.23. The van der Waals surface area contributed by atoms with E-state index in [2.05, 4.69) is 6.07 Å². The quantitative estimate of drug-likeness (QED) is 0.242. The molecule has 3 amide bonds. The number of imide groups is 1. The number of hydrogen-bond donors (Lipinski definition) is 0. The molecule has 10 nitrogen and oxygen atoms in total. The maximum atomic E-state index is 13.9. The number of carbonyl (C=O) groups excluding carboxylic acids is 3. The highest BCUT2D eigenvalue weighted by molar-refractivity contribution is 6.21. The minimum absolute atomic E-state index is 0.0330. The standard InChI is InChI=1S/C35H31N5O5/c41-32(24-5-6-24)37-15-13-22(21-37)19-31-36-39(17-16-38-33(42)28-3-1-2-4-29(28)34(38)43)35(44)40(31)27-10-7-23(8-11-27)25-9-12-30-26(20-25)14-18-45-30/h1-4,7-12,14,18,20,22,24H,5-6,13,15-17,19,21H2/t22-/m0/s1. The van der Waals surface area contributed by atoms with E-state index in [0.717, 1.165) is 47.9 Å². The summed E-state index contributed by atoms with van der Waals surface area (Å²) < 4.78 is 8.45. The highest BCUT2D eigenvalue weighted by atomic mass is 16.3. The van der Waals surface area contributed by atoms with Crippen LogP contribution in [0.4, 0.5) is 0 Å². The van der Waals surface area contributed by atoms with Crippen molar-refractivity contribution < 1.29 is 18.8 Å². The van der Waals surface area contributed by atoms with E-state index in [1.165, 1.54) is 9.58 Å². The van der Waals surface area contributed by atoms with E-state index in [9.17, 15) is 19.2 Å². The highest BCUT2D eigenvalue weighted by Gasteiger charge is 2.37. The molecule has 1 saturated heterocycles. The number of aromatic nitrogens is 3. The van der Waals surface area contributed by atoms with Gasteiger partial charge in [-0.2, -0.15) is 5.10 Å². The Bertz CT molecular complexity index is 2000. The molecular weight excluding hydrogens is 570 g/mol. The zero-order valence-electron chi connectivity index (χ0n) is 24.6. The molecule has 3 aromatic carbocycles. The molecular formula is C35H31N5O5. The zero-order valence-corrected chi connectivity index (χ0v) is 24.6. The average Bonchev–Trinajstić information content (AvgIpc) is 3.36. The summed E-state index contributed by atoms with van der Waals surface area (Å²) in [6.45, 7) is 1.48. The molecule has 226 valence electrons. The molecule has 2 aromatic heterocycles. The molecule has 10 heteroatoms. The van der Waals surface area contributed by atoms with Crippen LogP contribution >= 0.6 is 0 Å². The number of amides is 3. The molecule has 5 aromatic rings. The number of furan rings is 1. The first-order valence-corrected chi connectivity index (χ1v) is 15.5. The van der Waals surface area contributed by atoms with Crippen LogP contribution in [0.25, 0.3) is 27.8 Å². The first-order chi connectivity index (χ1) is 21.9. The van der Waals surface area contributed by atoms with Crippen molar-refractivity contribution >= 4 is 28.7 Å². The molecule has 1 saturated carbocycles.